The highest BCUT2D eigenvalue weighted by atomic mass is 32.2. The number of fused-ring (bicyclic) bond motifs is 1. The van der Waals surface area contributed by atoms with E-state index in [9.17, 15) is 19.5 Å². The molecular formula is C36H53N3O5S. The first-order chi connectivity index (χ1) is 21.8. The molecule has 1 aromatic carbocycles. The molecule has 3 heterocycles. The lowest BCUT2D eigenvalue weighted by Crippen LogP contribution is -2.57. The van der Waals surface area contributed by atoms with Crippen LogP contribution < -0.4 is 9.64 Å². The monoisotopic (exact) mass is 639 g/mol. The molecule has 248 valence electrons. The quantitative estimate of drug-likeness (QED) is 0.154. The smallest absolute Gasteiger partial charge is 0.247 e. The fraction of sp³-hybridized carbons (Fsp3) is 0.639. The Morgan fingerprint density at radius 2 is 1.76 bits per heavy atom. The summed E-state index contributed by atoms with van der Waals surface area (Å²) in [5.41, 5.74) is 0.741. The van der Waals surface area contributed by atoms with Gasteiger partial charge in [0.25, 0.3) is 0 Å². The number of thioether (sulfide) groups is 1. The Bertz CT molecular complexity index is 1190. The predicted octanol–water partition coefficient (Wildman–Crippen LogP) is 5.70. The summed E-state index contributed by atoms with van der Waals surface area (Å²) in [5, 5.41) is 9.22. The summed E-state index contributed by atoms with van der Waals surface area (Å²) in [5.74, 6) is -0.392. The van der Waals surface area contributed by atoms with Gasteiger partial charge in [0.2, 0.25) is 17.7 Å². The molecule has 0 saturated carbocycles. The van der Waals surface area contributed by atoms with Crippen molar-refractivity contribution >= 4 is 35.2 Å². The molecule has 1 spiro atoms. The Balaban J connectivity index is 1.70. The van der Waals surface area contributed by atoms with Crippen LogP contribution in [0.25, 0.3) is 0 Å². The average molecular weight is 640 g/mol. The van der Waals surface area contributed by atoms with Crippen molar-refractivity contribution in [1.82, 2.24) is 9.80 Å². The Morgan fingerprint density at radius 1 is 1.04 bits per heavy atom. The van der Waals surface area contributed by atoms with E-state index in [0.717, 1.165) is 62.8 Å². The molecule has 3 fully saturated rings. The van der Waals surface area contributed by atoms with Crippen LogP contribution in [0.5, 0.6) is 5.75 Å². The van der Waals surface area contributed by atoms with Gasteiger partial charge in [-0.2, -0.15) is 0 Å². The van der Waals surface area contributed by atoms with E-state index in [1.54, 1.807) is 28.8 Å². The molecule has 3 saturated heterocycles. The molecule has 3 unspecified atom stereocenters. The van der Waals surface area contributed by atoms with Gasteiger partial charge >= 0.3 is 0 Å². The summed E-state index contributed by atoms with van der Waals surface area (Å²) in [7, 11) is 0. The minimum atomic E-state index is -0.660. The summed E-state index contributed by atoms with van der Waals surface area (Å²) in [6, 6.07) is 6.88. The van der Waals surface area contributed by atoms with Gasteiger partial charge in [0, 0.05) is 43.7 Å². The van der Waals surface area contributed by atoms with Gasteiger partial charge in [0.15, 0.2) is 0 Å². The molecule has 1 aromatic rings. The van der Waals surface area contributed by atoms with E-state index in [-0.39, 0.29) is 35.5 Å². The zero-order valence-electron chi connectivity index (χ0n) is 27.5. The lowest BCUT2D eigenvalue weighted by Gasteiger charge is -2.41. The lowest BCUT2D eigenvalue weighted by molar-refractivity contribution is -0.142. The molecule has 3 amide bonds. The number of aliphatic hydroxyl groups excluding tert-OH is 1. The highest BCUT2D eigenvalue weighted by Crippen LogP contribution is 2.69. The van der Waals surface area contributed by atoms with Crippen molar-refractivity contribution in [2.45, 2.75) is 88.2 Å². The van der Waals surface area contributed by atoms with Gasteiger partial charge in [-0.3, -0.25) is 14.4 Å². The molecule has 0 aromatic heterocycles. The zero-order valence-corrected chi connectivity index (χ0v) is 28.3. The first-order valence-corrected chi connectivity index (χ1v) is 17.8. The molecule has 3 aliphatic heterocycles. The highest BCUT2D eigenvalue weighted by Gasteiger charge is 2.76. The van der Waals surface area contributed by atoms with Crippen LogP contribution >= 0.6 is 11.8 Å². The van der Waals surface area contributed by atoms with E-state index in [2.05, 4.69) is 27.0 Å². The minimum absolute atomic E-state index is 0.0141. The second kappa shape index (κ2) is 16.2. The number of likely N-dealkylation sites (tertiary alicyclic amines) is 1. The number of unbranched alkanes of at least 4 members (excludes halogenated alkanes) is 5. The normalized spacial score (nSPS) is 26.5. The van der Waals surface area contributed by atoms with Gasteiger partial charge in [-0.25, -0.2) is 0 Å². The third-order valence-corrected chi connectivity index (χ3v) is 11.9. The van der Waals surface area contributed by atoms with Crippen molar-refractivity contribution in [3.63, 3.8) is 0 Å². The number of rotatable bonds is 19. The first kappa shape index (κ1) is 35.1. The van der Waals surface area contributed by atoms with E-state index in [0.29, 0.717) is 32.8 Å². The number of aliphatic hydroxyl groups is 1. The number of benzene rings is 1. The number of nitrogens with zero attached hydrogens (tertiary/aromatic N) is 3. The van der Waals surface area contributed by atoms with Crippen LogP contribution in [0.1, 0.15) is 72.1 Å². The van der Waals surface area contributed by atoms with Crippen LogP contribution in [0.4, 0.5) is 5.69 Å². The number of hydrogen-bond acceptors (Lipinski definition) is 6. The van der Waals surface area contributed by atoms with Crippen molar-refractivity contribution in [2.24, 2.45) is 17.8 Å². The van der Waals surface area contributed by atoms with Crippen molar-refractivity contribution in [1.29, 1.82) is 0 Å². The molecule has 9 heteroatoms. The third kappa shape index (κ3) is 6.99. The number of carbonyl (C=O) groups is 3. The van der Waals surface area contributed by atoms with E-state index in [1.165, 1.54) is 0 Å². The van der Waals surface area contributed by atoms with E-state index >= 15 is 0 Å². The van der Waals surface area contributed by atoms with Crippen molar-refractivity contribution in [2.75, 3.05) is 44.3 Å². The molecular weight excluding hydrogens is 586 g/mol. The second-order valence-electron chi connectivity index (χ2n) is 12.7. The predicted molar refractivity (Wildman–Crippen MR) is 182 cm³/mol. The molecule has 1 N–H and O–H groups in total. The maximum atomic E-state index is 14.6. The van der Waals surface area contributed by atoms with Crippen LogP contribution in [0.2, 0.25) is 0 Å². The van der Waals surface area contributed by atoms with Crippen LogP contribution in [-0.2, 0) is 14.4 Å². The molecule has 3 aliphatic rings. The summed E-state index contributed by atoms with van der Waals surface area (Å²) in [6.07, 6.45) is 10.5. The van der Waals surface area contributed by atoms with E-state index < -0.39 is 22.6 Å². The number of amides is 3. The summed E-state index contributed by atoms with van der Waals surface area (Å²) in [6.45, 7) is 16.7. The molecule has 6 atom stereocenters. The lowest BCUT2D eigenvalue weighted by atomic mass is 9.65. The Labute approximate surface area is 274 Å². The summed E-state index contributed by atoms with van der Waals surface area (Å²) >= 11 is 1.73. The number of hydrogen-bond donors (Lipinski definition) is 1. The highest BCUT2D eigenvalue weighted by molar-refractivity contribution is 8.02. The molecule has 0 radical (unpaired) electrons. The topological polar surface area (TPSA) is 90.4 Å². The van der Waals surface area contributed by atoms with Crippen molar-refractivity contribution in [3.05, 3.63) is 49.6 Å². The fourth-order valence-corrected chi connectivity index (χ4v) is 10.2. The largest absolute Gasteiger partial charge is 0.494 e. The van der Waals surface area contributed by atoms with Gasteiger partial charge in [-0.15, -0.1) is 24.9 Å². The molecule has 0 aliphatic carbocycles. The number of ether oxygens (including phenoxy) is 1. The van der Waals surface area contributed by atoms with Gasteiger partial charge in [-0.05, 0) is 62.8 Å². The van der Waals surface area contributed by atoms with Gasteiger partial charge in [0.1, 0.15) is 11.8 Å². The van der Waals surface area contributed by atoms with Gasteiger partial charge in [-0.1, -0.05) is 51.7 Å². The van der Waals surface area contributed by atoms with Gasteiger partial charge in [0.05, 0.1) is 23.2 Å². The molecule has 2 bridgehead atoms. The fourth-order valence-electron chi connectivity index (χ4n) is 7.76. The number of carbonyl (C=O) groups excluding carboxylic acids is 3. The average Bonchev–Trinajstić information content (AvgIpc) is 3.63. The van der Waals surface area contributed by atoms with Crippen LogP contribution in [0.15, 0.2) is 49.6 Å². The molecule has 45 heavy (non-hydrogen) atoms. The van der Waals surface area contributed by atoms with Crippen molar-refractivity contribution in [3.8, 4) is 5.75 Å². The Morgan fingerprint density at radius 3 is 2.40 bits per heavy atom. The van der Waals surface area contributed by atoms with Crippen LogP contribution in [-0.4, -0.2) is 88.1 Å². The summed E-state index contributed by atoms with van der Waals surface area (Å²) < 4.78 is 4.96. The summed E-state index contributed by atoms with van der Waals surface area (Å²) in [4.78, 5) is 49.3. The second-order valence-corrected chi connectivity index (χ2v) is 14.2. The Kier molecular flexibility index (Phi) is 12.6. The van der Waals surface area contributed by atoms with Crippen LogP contribution in [0.3, 0.4) is 0 Å². The molecule has 8 nitrogen and oxygen atoms in total. The van der Waals surface area contributed by atoms with E-state index in [4.69, 9.17) is 4.74 Å². The Hall–Kier alpha value is -2.78. The van der Waals surface area contributed by atoms with Crippen LogP contribution in [0, 0.1) is 17.8 Å². The third-order valence-electron chi connectivity index (χ3n) is 9.80. The maximum Gasteiger partial charge on any atom is 0.247 e. The SMILES string of the molecule is C=CCN(CCCCC)C(=O)C1N(CCCCCCO)C(=O)[C@@H]2[C@@H](C(=O)N(CC=C)c3ccc(OCC)cc3)[C@H]3CC(C)C12S3. The van der Waals surface area contributed by atoms with Gasteiger partial charge < -0.3 is 24.5 Å². The van der Waals surface area contributed by atoms with E-state index in [1.807, 2.05) is 41.0 Å². The number of anilines is 1. The minimum Gasteiger partial charge on any atom is -0.494 e. The molecule has 4 rings (SSSR count). The van der Waals surface area contributed by atoms with Crippen molar-refractivity contribution < 1.29 is 24.2 Å². The maximum absolute atomic E-state index is 14.6. The standard InChI is InChI=1S/C36H53N3O5S/c1-6-10-13-22-37(20-7-2)35(43)32-36-26(5)25-29(45-36)30(31(36)34(42)39(32)23-14-11-12-15-24-40)33(41)38(21-8-3)27-16-18-28(19-17-27)44-9-4/h7-8,16-19,26,29-32,40H,2-3,6,9-15,20-25H2,1,4-5H3/t26?,29-,30+,31+,32?,36?/m1/s1. The first-order valence-electron chi connectivity index (χ1n) is 16.9. The zero-order chi connectivity index (χ0) is 32.6.